The van der Waals surface area contributed by atoms with Gasteiger partial charge in [0.1, 0.15) is 0 Å². The Kier molecular flexibility index (Phi) is 7.66. The molecule has 2 N–H and O–H groups in total. The predicted octanol–water partition coefficient (Wildman–Crippen LogP) is 3.00. The standard InChI is InChI=1S/C20H28O4/c1-2-7-18(21)10-6-11-19(22)16-20(23-14-15-24-20)13-12-17-8-4-3-5-9-17/h2-6,8-10,18-19,21-22H,1,7,11-16H2/b10-6+/t18-,19+/m1/s1. The van der Waals surface area contributed by atoms with Crippen LogP contribution in [0.25, 0.3) is 0 Å². The molecule has 0 radical (unpaired) electrons. The van der Waals surface area contributed by atoms with Crippen LogP contribution in [0.5, 0.6) is 0 Å². The van der Waals surface area contributed by atoms with E-state index < -0.39 is 18.0 Å². The van der Waals surface area contributed by atoms with Gasteiger partial charge in [-0.3, -0.25) is 0 Å². The molecule has 0 unspecified atom stereocenters. The van der Waals surface area contributed by atoms with Crippen molar-refractivity contribution in [3.8, 4) is 0 Å². The molecule has 1 fully saturated rings. The van der Waals surface area contributed by atoms with Crippen LogP contribution in [-0.2, 0) is 15.9 Å². The molecule has 0 amide bonds. The molecule has 0 saturated carbocycles. The second kappa shape index (κ2) is 9.74. The van der Waals surface area contributed by atoms with E-state index in [1.165, 1.54) is 5.56 Å². The Hall–Kier alpha value is -1.46. The summed E-state index contributed by atoms with van der Waals surface area (Å²) in [6.07, 6.45) is 7.04. The van der Waals surface area contributed by atoms with Gasteiger partial charge in [0.25, 0.3) is 0 Å². The minimum Gasteiger partial charge on any atom is -0.393 e. The van der Waals surface area contributed by atoms with Gasteiger partial charge in [0.15, 0.2) is 5.79 Å². The van der Waals surface area contributed by atoms with Crippen LogP contribution in [0.1, 0.15) is 31.2 Å². The molecule has 0 bridgehead atoms. The average Bonchev–Trinajstić information content (AvgIpc) is 3.03. The van der Waals surface area contributed by atoms with Gasteiger partial charge in [0, 0.05) is 12.8 Å². The SMILES string of the molecule is C=CC[C@@H](O)/C=C/C[C@H](O)CC1(CCc2ccccc2)OCCO1. The first kappa shape index (κ1) is 18.9. The molecule has 132 valence electrons. The summed E-state index contributed by atoms with van der Waals surface area (Å²) >= 11 is 0. The number of aliphatic hydroxyl groups excluding tert-OH is 2. The Morgan fingerprint density at radius 3 is 2.50 bits per heavy atom. The number of rotatable bonds is 10. The average molecular weight is 332 g/mol. The summed E-state index contributed by atoms with van der Waals surface area (Å²) in [6.45, 7) is 4.72. The van der Waals surface area contributed by atoms with Crippen molar-refractivity contribution in [1.29, 1.82) is 0 Å². The molecule has 4 heteroatoms. The van der Waals surface area contributed by atoms with E-state index in [2.05, 4.69) is 18.7 Å². The molecule has 0 aliphatic carbocycles. The highest BCUT2D eigenvalue weighted by Crippen LogP contribution is 2.31. The molecular formula is C20H28O4. The summed E-state index contributed by atoms with van der Waals surface area (Å²) < 4.78 is 11.7. The van der Waals surface area contributed by atoms with Gasteiger partial charge in [0.05, 0.1) is 25.4 Å². The molecule has 4 nitrogen and oxygen atoms in total. The van der Waals surface area contributed by atoms with Gasteiger partial charge >= 0.3 is 0 Å². The highest BCUT2D eigenvalue weighted by atomic mass is 16.7. The van der Waals surface area contributed by atoms with Crippen molar-refractivity contribution < 1.29 is 19.7 Å². The number of aliphatic hydroxyl groups is 2. The fraction of sp³-hybridized carbons (Fsp3) is 0.500. The van der Waals surface area contributed by atoms with Crippen molar-refractivity contribution in [3.63, 3.8) is 0 Å². The lowest BCUT2D eigenvalue weighted by atomic mass is 9.98. The van der Waals surface area contributed by atoms with Crippen molar-refractivity contribution >= 4 is 0 Å². The van der Waals surface area contributed by atoms with Crippen LogP contribution in [0.2, 0.25) is 0 Å². The number of hydrogen-bond acceptors (Lipinski definition) is 4. The first-order valence-electron chi connectivity index (χ1n) is 8.59. The Morgan fingerprint density at radius 1 is 1.12 bits per heavy atom. The van der Waals surface area contributed by atoms with E-state index in [-0.39, 0.29) is 0 Å². The van der Waals surface area contributed by atoms with Crippen molar-refractivity contribution in [1.82, 2.24) is 0 Å². The van der Waals surface area contributed by atoms with E-state index in [1.807, 2.05) is 18.2 Å². The minimum absolute atomic E-state index is 0.432. The first-order valence-corrected chi connectivity index (χ1v) is 8.59. The summed E-state index contributed by atoms with van der Waals surface area (Å²) in [5, 5.41) is 19.9. The zero-order valence-electron chi connectivity index (χ0n) is 14.1. The molecule has 1 heterocycles. The predicted molar refractivity (Wildman–Crippen MR) is 94.6 cm³/mol. The smallest absolute Gasteiger partial charge is 0.171 e. The molecule has 2 rings (SSSR count). The third-order valence-corrected chi connectivity index (χ3v) is 4.17. The van der Waals surface area contributed by atoms with E-state index in [4.69, 9.17) is 9.47 Å². The maximum Gasteiger partial charge on any atom is 0.171 e. The third-order valence-electron chi connectivity index (χ3n) is 4.17. The monoisotopic (exact) mass is 332 g/mol. The highest BCUT2D eigenvalue weighted by Gasteiger charge is 2.37. The van der Waals surface area contributed by atoms with Crippen molar-refractivity contribution in [3.05, 3.63) is 60.7 Å². The minimum atomic E-state index is -0.706. The molecule has 1 aromatic carbocycles. The van der Waals surface area contributed by atoms with Crippen LogP contribution < -0.4 is 0 Å². The summed E-state index contributed by atoms with van der Waals surface area (Å²) in [4.78, 5) is 0. The van der Waals surface area contributed by atoms with Crippen LogP contribution in [0.3, 0.4) is 0 Å². The van der Waals surface area contributed by atoms with Crippen molar-refractivity contribution in [2.24, 2.45) is 0 Å². The lowest BCUT2D eigenvalue weighted by Crippen LogP contribution is -2.35. The third kappa shape index (κ3) is 6.21. The molecule has 1 aliphatic heterocycles. The van der Waals surface area contributed by atoms with Crippen molar-refractivity contribution in [2.75, 3.05) is 13.2 Å². The van der Waals surface area contributed by atoms with Gasteiger partial charge in [0.2, 0.25) is 0 Å². The topological polar surface area (TPSA) is 58.9 Å². The molecule has 0 aromatic heterocycles. The number of benzene rings is 1. The van der Waals surface area contributed by atoms with Crippen LogP contribution in [0.15, 0.2) is 55.1 Å². The van der Waals surface area contributed by atoms with Gasteiger partial charge in [-0.25, -0.2) is 0 Å². The highest BCUT2D eigenvalue weighted by molar-refractivity contribution is 5.15. The normalized spacial score (nSPS) is 19.4. The van der Waals surface area contributed by atoms with E-state index in [0.717, 1.165) is 12.8 Å². The zero-order chi connectivity index (χ0) is 17.3. The van der Waals surface area contributed by atoms with Gasteiger partial charge < -0.3 is 19.7 Å². The van der Waals surface area contributed by atoms with E-state index in [9.17, 15) is 10.2 Å². The molecule has 24 heavy (non-hydrogen) atoms. The van der Waals surface area contributed by atoms with Crippen LogP contribution >= 0.6 is 0 Å². The van der Waals surface area contributed by atoms with Crippen LogP contribution in [0.4, 0.5) is 0 Å². The maximum absolute atomic E-state index is 10.3. The maximum atomic E-state index is 10.3. The Morgan fingerprint density at radius 2 is 1.83 bits per heavy atom. The second-order valence-corrected chi connectivity index (χ2v) is 6.21. The number of aryl methyl sites for hydroxylation is 1. The fourth-order valence-electron chi connectivity index (χ4n) is 2.93. The van der Waals surface area contributed by atoms with Crippen LogP contribution in [0, 0.1) is 0 Å². The summed E-state index contributed by atoms with van der Waals surface area (Å²) in [6, 6.07) is 10.2. The Balaban J connectivity index is 1.84. The largest absolute Gasteiger partial charge is 0.393 e. The summed E-state index contributed by atoms with van der Waals surface area (Å²) in [7, 11) is 0. The molecule has 0 spiro atoms. The van der Waals surface area contributed by atoms with Crippen molar-refractivity contribution in [2.45, 2.75) is 50.1 Å². The van der Waals surface area contributed by atoms with E-state index in [0.29, 0.717) is 32.5 Å². The van der Waals surface area contributed by atoms with Gasteiger partial charge in [-0.2, -0.15) is 0 Å². The lowest BCUT2D eigenvalue weighted by Gasteiger charge is -2.29. The molecular weight excluding hydrogens is 304 g/mol. The summed E-state index contributed by atoms with van der Waals surface area (Å²) in [5.74, 6) is -0.706. The number of ether oxygens (including phenoxy) is 2. The van der Waals surface area contributed by atoms with Crippen LogP contribution in [-0.4, -0.2) is 41.4 Å². The van der Waals surface area contributed by atoms with Gasteiger partial charge in [-0.05, 0) is 24.8 Å². The molecule has 1 aromatic rings. The number of hydrogen-bond donors (Lipinski definition) is 2. The first-order chi connectivity index (χ1) is 11.6. The lowest BCUT2D eigenvalue weighted by molar-refractivity contribution is -0.180. The van der Waals surface area contributed by atoms with Gasteiger partial charge in [-0.15, -0.1) is 6.58 Å². The Bertz CT molecular complexity index is 506. The second-order valence-electron chi connectivity index (χ2n) is 6.21. The Labute approximate surface area is 144 Å². The quantitative estimate of drug-likeness (QED) is 0.647. The molecule has 1 saturated heterocycles. The molecule has 1 aliphatic rings. The zero-order valence-corrected chi connectivity index (χ0v) is 14.1. The van der Waals surface area contributed by atoms with E-state index >= 15 is 0 Å². The fourth-order valence-corrected chi connectivity index (χ4v) is 2.93. The molecule has 2 atom stereocenters. The van der Waals surface area contributed by atoms with Gasteiger partial charge in [-0.1, -0.05) is 48.6 Å². The summed E-state index contributed by atoms with van der Waals surface area (Å²) in [5.41, 5.74) is 1.23. The van der Waals surface area contributed by atoms with E-state index in [1.54, 1.807) is 18.2 Å².